The van der Waals surface area contributed by atoms with Crippen LogP contribution in [0.5, 0.6) is 23.0 Å². The van der Waals surface area contributed by atoms with Crippen molar-refractivity contribution in [3.8, 4) is 57.8 Å². The van der Waals surface area contributed by atoms with E-state index in [1.807, 2.05) is 136 Å². The zero-order chi connectivity index (χ0) is 78.5. The summed E-state index contributed by atoms with van der Waals surface area (Å²) in [6, 6.07) is 23.9. The van der Waals surface area contributed by atoms with Crippen molar-refractivity contribution in [2.45, 2.75) is 166 Å². The molecule has 0 radical (unpaired) electrons. The molecule has 3 saturated carbocycles. The maximum atomic E-state index is 6.20. The van der Waals surface area contributed by atoms with Crippen LogP contribution in [0.15, 0.2) is 142 Å². The Balaban J connectivity index is 0.000000135. The Morgan fingerprint density at radius 2 is 0.741 bits per heavy atom. The van der Waals surface area contributed by atoms with E-state index in [1.165, 1.54) is 35.5 Å². The summed E-state index contributed by atoms with van der Waals surface area (Å²) in [5, 5.41) is 21.3. The molecule has 31 nitrogen and oxygen atoms in total. The van der Waals surface area contributed by atoms with Crippen LogP contribution in [0.25, 0.3) is 51.7 Å². The lowest BCUT2D eigenvalue weighted by Gasteiger charge is -2.33. The fourth-order valence-electron chi connectivity index (χ4n) is 14.3. The minimum atomic E-state index is -0.457. The molecule has 0 amide bonds. The van der Waals surface area contributed by atoms with Gasteiger partial charge in [0.1, 0.15) is 58.9 Å². The number of pyridine rings is 3. The van der Waals surface area contributed by atoms with E-state index in [9.17, 15) is 0 Å². The van der Waals surface area contributed by atoms with Crippen LogP contribution in [0.1, 0.15) is 195 Å². The number of hydrogen-bond donors (Lipinski definition) is 6. The van der Waals surface area contributed by atoms with E-state index in [1.54, 1.807) is 60.6 Å². The van der Waals surface area contributed by atoms with Gasteiger partial charge in [-0.05, 0) is 178 Å². The van der Waals surface area contributed by atoms with Crippen molar-refractivity contribution in [2.24, 2.45) is 17.2 Å². The number of methoxy groups -OCH3 is 4. The van der Waals surface area contributed by atoms with Gasteiger partial charge in [-0.2, -0.15) is 13.5 Å². The van der Waals surface area contributed by atoms with Gasteiger partial charge >= 0.3 is 0 Å². The molecule has 12 aromatic heterocycles. The van der Waals surface area contributed by atoms with Crippen LogP contribution in [0, 0.1) is 20.8 Å². The number of nitrogens with two attached hydrogens (primary N) is 4. The molecule has 3 aliphatic carbocycles. The summed E-state index contributed by atoms with van der Waals surface area (Å²) in [5.74, 6) is 9.93. The Bertz CT molecular complexity index is 5380. The lowest BCUT2D eigenvalue weighted by Crippen LogP contribution is -2.30. The zero-order valence-electron chi connectivity index (χ0n) is 65.0. The van der Waals surface area contributed by atoms with Crippen LogP contribution in [0.4, 0.5) is 17.8 Å². The maximum absolute atomic E-state index is 6.20. The van der Waals surface area contributed by atoms with Crippen molar-refractivity contribution in [1.29, 1.82) is 0 Å². The third kappa shape index (κ3) is 15.2. The summed E-state index contributed by atoms with van der Waals surface area (Å²) in [5.41, 5.74) is 38.0. The van der Waals surface area contributed by atoms with Gasteiger partial charge in [0.05, 0.1) is 80.7 Å². The second-order valence-electron chi connectivity index (χ2n) is 30.6. The molecular weight excluding hydrogens is 1420 g/mol. The third-order valence-corrected chi connectivity index (χ3v) is 21.3. The molecule has 0 atom stereocenters. The quantitative estimate of drug-likeness (QED) is 0.0367. The molecule has 3 aliphatic rings. The summed E-state index contributed by atoms with van der Waals surface area (Å²) >= 11 is 0. The smallest absolute Gasteiger partial charge is 0.245 e. The molecule has 578 valence electrons. The van der Waals surface area contributed by atoms with Crippen molar-refractivity contribution in [3.05, 3.63) is 208 Å². The first-order chi connectivity index (χ1) is 53.8. The number of fused-ring (bicyclic) bond motifs is 3. The lowest BCUT2D eigenvalue weighted by atomic mass is 9.71. The van der Waals surface area contributed by atoms with Gasteiger partial charge in [0.25, 0.3) is 0 Å². The third-order valence-electron chi connectivity index (χ3n) is 21.3. The first kappa shape index (κ1) is 75.1. The first-order valence-electron chi connectivity index (χ1n) is 37.2. The molecule has 0 saturated heterocycles. The molecule has 0 spiro atoms. The van der Waals surface area contributed by atoms with Gasteiger partial charge in [0.15, 0.2) is 34.4 Å². The molecule has 0 bridgehead atoms. The summed E-state index contributed by atoms with van der Waals surface area (Å²) < 4.78 is 43.6. The predicted molar refractivity (Wildman–Crippen MR) is 420 cm³/mol. The van der Waals surface area contributed by atoms with Crippen molar-refractivity contribution >= 4 is 34.8 Å². The Kier molecular flexibility index (Phi) is 20.4. The summed E-state index contributed by atoms with van der Waals surface area (Å²) in [4.78, 5) is 55.5. The molecule has 0 unspecified atom stereocenters. The number of nitrogens with zero attached hydrogens (tertiary/aromatic N) is 18. The van der Waals surface area contributed by atoms with Crippen molar-refractivity contribution in [3.63, 3.8) is 0 Å². The number of benzene rings is 2. The summed E-state index contributed by atoms with van der Waals surface area (Å²) in [6.45, 7) is 18.5. The number of hydrogen-bond acceptors (Lipinski definition) is 28. The Morgan fingerprint density at radius 3 is 1.04 bits per heavy atom. The molecule has 17 rings (SSSR count). The van der Waals surface area contributed by atoms with E-state index in [0.29, 0.717) is 106 Å². The van der Waals surface area contributed by atoms with Crippen LogP contribution in [-0.2, 0) is 29.7 Å². The van der Waals surface area contributed by atoms with Crippen LogP contribution in [0.3, 0.4) is 0 Å². The van der Waals surface area contributed by atoms with Gasteiger partial charge in [-0.25, -0.2) is 44.9 Å². The van der Waals surface area contributed by atoms with Crippen molar-refractivity contribution < 1.29 is 32.2 Å². The average molecular weight is 1510 g/mol. The first-order valence-corrected chi connectivity index (χ1v) is 37.2. The highest BCUT2D eigenvalue weighted by Crippen LogP contribution is 2.50. The highest BCUT2D eigenvalue weighted by molar-refractivity contribution is 5.69. The minimum Gasteiger partial charge on any atom is -0.497 e. The van der Waals surface area contributed by atoms with Gasteiger partial charge in [0, 0.05) is 89.4 Å². The fourth-order valence-corrected chi connectivity index (χ4v) is 14.3. The largest absolute Gasteiger partial charge is 0.497 e. The Morgan fingerprint density at radius 1 is 0.411 bits per heavy atom. The number of ether oxygens (including phenoxy) is 4. The summed E-state index contributed by atoms with van der Waals surface area (Å²) in [7, 11) is 6.54. The monoisotopic (exact) mass is 1510 g/mol. The molecule has 2 aromatic carbocycles. The standard InChI is InChI=1S/2C30H34N8O3.C21H24N8O/c2*1-17-25(28-32-10-11-41-28)35-29(34-16-19-6-8-22(39-4)14-23(19)40-5)38-27(17)36-26(37-38)21-12-20(13-21)18-7-9-24(33-15-18)30(2,3)31;1-11-16(19-24-6-7-30-19)26-20(22)29-18(11)27-17(28-29)14-8-13(9-14)12-4-5-15(25-10-12)21(2,3)23/h2*6-11,14-15,20-21H,12-13,16,31H2,1-5H3,(H,34,35);4-7,10,13-14H,8-9,23H2,1-3H3,(H2,22,26). The fraction of sp³-hybridized carbons (Fsp3) is 0.370. The molecule has 112 heavy (non-hydrogen) atoms. The second-order valence-corrected chi connectivity index (χ2v) is 30.6. The Labute approximate surface area is 646 Å². The molecule has 12 heterocycles. The van der Waals surface area contributed by atoms with E-state index in [0.717, 1.165) is 112 Å². The van der Waals surface area contributed by atoms with Crippen molar-refractivity contribution in [2.75, 3.05) is 44.8 Å². The highest BCUT2D eigenvalue weighted by atomic mass is 16.5. The van der Waals surface area contributed by atoms with Crippen LogP contribution in [-0.4, -0.2) is 117 Å². The molecule has 14 aromatic rings. The lowest BCUT2D eigenvalue weighted by molar-refractivity contribution is 0.337. The van der Waals surface area contributed by atoms with E-state index in [-0.39, 0.29) is 23.7 Å². The van der Waals surface area contributed by atoms with Gasteiger partial charge in [-0.15, -0.1) is 15.3 Å². The topological polar surface area (TPSA) is 411 Å². The van der Waals surface area contributed by atoms with E-state index >= 15 is 0 Å². The van der Waals surface area contributed by atoms with Crippen LogP contribution in [0.2, 0.25) is 0 Å². The number of anilines is 3. The van der Waals surface area contributed by atoms with Crippen LogP contribution >= 0.6 is 0 Å². The SMILES string of the molecule is COc1ccc(CNc2nc(-c3ncco3)c(C)c3nc(C4CC(c5ccc(C(C)(C)N)nc5)C4)nn23)c(OC)c1.COc1ccc(CNc2nc(-c3ncco3)c(C)c3nc(C4CC(c5ccc(C(C)(C)N)nc5)C4)nn23)c(OC)c1.Cc1c(-c2ncco2)nc(N)n2nc(C3CC(c4ccc(C(C)(C)N)nc4)C3)nc12. The van der Waals surface area contributed by atoms with E-state index in [2.05, 4.69) is 68.8 Å². The molecular formula is C81H92N24O7. The Hall–Kier alpha value is -12.4. The molecule has 31 heteroatoms. The number of oxazole rings is 3. The highest BCUT2D eigenvalue weighted by Gasteiger charge is 2.39. The molecule has 0 aliphatic heterocycles. The number of nitrogens with one attached hydrogen (secondary N) is 2. The molecule has 10 N–H and O–H groups in total. The molecule has 3 fully saturated rings. The second kappa shape index (κ2) is 30.5. The maximum Gasteiger partial charge on any atom is 0.245 e. The van der Waals surface area contributed by atoms with E-state index in [4.69, 9.17) is 90.3 Å². The number of aromatic nitrogens is 18. The normalized spacial score (nSPS) is 17.5. The zero-order valence-corrected chi connectivity index (χ0v) is 65.0. The average Bonchev–Trinajstić information content (AvgIpc) is 1.61. The van der Waals surface area contributed by atoms with Gasteiger partial charge in [-0.1, -0.05) is 18.2 Å². The number of nitrogen functional groups attached to an aromatic ring is 1. The van der Waals surface area contributed by atoms with Crippen LogP contribution < -0.4 is 52.5 Å². The predicted octanol–water partition coefficient (Wildman–Crippen LogP) is 12.9. The van der Waals surface area contributed by atoms with Gasteiger partial charge in [0.2, 0.25) is 35.5 Å². The van der Waals surface area contributed by atoms with Gasteiger partial charge in [-0.3, -0.25) is 15.0 Å². The number of rotatable bonds is 22. The number of aryl methyl sites for hydroxylation is 3. The van der Waals surface area contributed by atoms with E-state index < -0.39 is 16.6 Å². The van der Waals surface area contributed by atoms with Gasteiger partial charge < -0.3 is 65.8 Å². The minimum absolute atomic E-state index is 0.240. The summed E-state index contributed by atoms with van der Waals surface area (Å²) in [6.07, 6.45) is 21.0. The van der Waals surface area contributed by atoms with Crippen molar-refractivity contribution in [1.82, 2.24) is 88.6 Å².